The fourth-order valence-corrected chi connectivity index (χ4v) is 2.17. The van der Waals surface area contributed by atoms with Crippen molar-refractivity contribution in [3.63, 3.8) is 0 Å². The van der Waals surface area contributed by atoms with Crippen molar-refractivity contribution < 1.29 is 10.0 Å². The summed E-state index contributed by atoms with van der Waals surface area (Å²) < 4.78 is 0. The predicted molar refractivity (Wildman–Crippen MR) is 79.4 cm³/mol. The van der Waals surface area contributed by atoms with Crippen LogP contribution >= 0.6 is 0 Å². The van der Waals surface area contributed by atoms with Crippen molar-refractivity contribution in [2.24, 2.45) is 0 Å². The van der Waals surface area contributed by atoms with E-state index in [-0.39, 0.29) is 39.5 Å². The Morgan fingerprint density at radius 1 is 1.30 bits per heavy atom. The van der Waals surface area contributed by atoms with Crippen LogP contribution in [0.4, 0.5) is 11.5 Å². The second-order valence-corrected chi connectivity index (χ2v) is 4.63. The number of benzene rings is 1. The lowest BCUT2D eigenvalue weighted by molar-refractivity contribution is -0.384. The number of aromatic nitrogens is 1. The molecule has 0 amide bonds. The maximum atomic E-state index is 11.9. The smallest absolute Gasteiger partial charge is 0.270 e. The van der Waals surface area contributed by atoms with E-state index < -0.39 is 16.0 Å². The number of nitrogens with two attached hydrogens (primary N) is 1. The van der Waals surface area contributed by atoms with Gasteiger partial charge in [0.15, 0.2) is 0 Å². The normalized spacial score (nSPS) is 9.87. The fraction of sp³-hybridized carbons (Fsp3) is 0.0714. The summed E-state index contributed by atoms with van der Waals surface area (Å²) in [5, 5.41) is 39.6. The Kier molecular flexibility index (Phi) is 3.72. The summed E-state index contributed by atoms with van der Waals surface area (Å²) >= 11 is 0. The molecule has 0 aliphatic rings. The van der Waals surface area contributed by atoms with Gasteiger partial charge in [0.1, 0.15) is 34.8 Å². The Hall–Kier alpha value is -3.85. The van der Waals surface area contributed by atoms with Crippen molar-refractivity contribution in [3.05, 3.63) is 49.3 Å². The first-order valence-corrected chi connectivity index (χ1v) is 6.16. The number of hydrogen-bond donors (Lipinski definition) is 3. The van der Waals surface area contributed by atoms with Gasteiger partial charge in [-0.2, -0.15) is 10.5 Å². The van der Waals surface area contributed by atoms with Gasteiger partial charge in [-0.15, -0.1) is 0 Å². The number of hydrogen-bond acceptors (Lipinski definition) is 7. The summed E-state index contributed by atoms with van der Waals surface area (Å²) in [5.74, 6) is -0.677. The highest BCUT2D eigenvalue weighted by molar-refractivity contribution is 5.85. The molecule has 0 bridgehead atoms. The molecule has 0 spiro atoms. The van der Waals surface area contributed by atoms with Gasteiger partial charge < -0.3 is 15.8 Å². The minimum Gasteiger partial charge on any atom is -0.507 e. The zero-order valence-corrected chi connectivity index (χ0v) is 11.7. The first-order valence-electron chi connectivity index (χ1n) is 6.16. The molecular weight excluding hydrogens is 302 g/mol. The second kappa shape index (κ2) is 5.50. The number of nitriles is 2. The quantitative estimate of drug-likeness (QED) is 0.553. The van der Waals surface area contributed by atoms with Crippen molar-refractivity contribution in [1.29, 1.82) is 10.5 Å². The summed E-state index contributed by atoms with van der Waals surface area (Å²) in [6.45, 7) is 1.42. The van der Waals surface area contributed by atoms with Crippen LogP contribution < -0.4 is 11.3 Å². The van der Waals surface area contributed by atoms with Crippen molar-refractivity contribution in [2.75, 3.05) is 5.73 Å². The van der Waals surface area contributed by atoms with Crippen LogP contribution in [0, 0.1) is 39.7 Å². The molecular formula is C14H9N5O4. The second-order valence-electron chi connectivity index (χ2n) is 4.63. The highest BCUT2D eigenvalue weighted by Gasteiger charge is 2.23. The van der Waals surface area contributed by atoms with Gasteiger partial charge in [-0.3, -0.25) is 14.9 Å². The van der Waals surface area contributed by atoms with Gasteiger partial charge in [-0.05, 0) is 12.5 Å². The van der Waals surface area contributed by atoms with E-state index in [0.29, 0.717) is 0 Å². The number of nitrogen functional groups attached to an aromatic ring is 1. The average molecular weight is 311 g/mol. The van der Waals surface area contributed by atoms with E-state index in [2.05, 4.69) is 4.98 Å². The molecule has 2 aromatic rings. The average Bonchev–Trinajstić information content (AvgIpc) is 2.49. The first-order chi connectivity index (χ1) is 10.8. The number of nitro benzene ring substituents is 1. The number of pyridine rings is 1. The molecule has 1 aromatic heterocycles. The number of anilines is 1. The molecule has 1 heterocycles. The van der Waals surface area contributed by atoms with Crippen molar-refractivity contribution in [2.45, 2.75) is 6.92 Å². The maximum absolute atomic E-state index is 11.9. The molecule has 9 heteroatoms. The van der Waals surface area contributed by atoms with E-state index in [9.17, 15) is 30.5 Å². The van der Waals surface area contributed by atoms with Crippen LogP contribution in [0.15, 0.2) is 16.9 Å². The SMILES string of the molecule is Cc1cc([N+](=O)[O-])cc(-c2c(C#N)c(N)[nH]c(=O)c2C#N)c1O. The first kappa shape index (κ1) is 15.5. The van der Waals surface area contributed by atoms with E-state index in [0.717, 1.165) is 12.1 Å². The van der Waals surface area contributed by atoms with E-state index in [1.54, 1.807) is 12.1 Å². The van der Waals surface area contributed by atoms with Crippen LogP contribution in [0.25, 0.3) is 11.1 Å². The van der Waals surface area contributed by atoms with Gasteiger partial charge in [0.05, 0.1) is 4.92 Å². The zero-order valence-electron chi connectivity index (χ0n) is 11.7. The van der Waals surface area contributed by atoms with Crippen molar-refractivity contribution in [1.82, 2.24) is 4.98 Å². The van der Waals surface area contributed by atoms with E-state index in [4.69, 9.17) is 5.73 Å². The number of phenols is 1. The monoisotopic (exact) mass is 311 g/mol. The standard InChI is InChI=1S/C14H9N5O4/c1-6-2-7(19(22)23)3-8(12(6)20)11-9(4-15)13(17)18-14(21)10(11)5-16/h2-3,20H,1H3,(H3,17,18,21). The number of nitro groups is 1. The largest absolute Gasteiger partial charge is 0.507 e. The molecule has 0 radical (unpaired) electrons. The van der Waals surface area contributed by atoms with Gasteiger partial charge in [-0.25, -0.2) is 0 Å². The van der Waals surface area contributed by atoms with Crippen LogP contribution in [0.3, 0.4) is 0 Å². The lowest BCUT2D eigenvalue weighted by atomic mass is 9.94. The number of aryl methyl sites for hydroxylation is 1. The molecule has 0 unspecified atom stereocenters. The molecule has 114 valence electrons. The van der Waals surface area contributed by atoms with Crippen molar-refractivity contribution >= 4 is 11.5 Å². The molecule has 23 heavy (non-hydrogen) atoms. The highest BCUT2D eigenvalue weighted by atomic mass is 16.6. The number of H-pyrrole nitrogens is 1. The Morgan fingerprint density at radius 2 is 1.91 bits per heavy atom. The molecule has 0 saturated heterocycles. The number of non-ortho nitro benzene ring substituents is 1. The minimum atomic E-state index is -0.859. The van der Waals surface area contributed by atoms with Gasteiger partial charge in [0.25, 0.3) is 11.2 Å². The predicted octanol–water partition coefficient (Wildman–Crippen LogP) is 1.29. The summed E-state index contributed by atoms with van der Waals surface area (Å²) in [7, 11) is 0. The Bertz CT molecular complexity index is 979. The molecule has 9 nitrogen and oxygen atoms in total. The summed E-state index contributed by atoms with van der Waals surface area (Å²) in [6.07, 6.45) is 0. The van der Waals surface area contributed by atoms with Crippen LogP contribution in [-0.4, -0.2) is 15.0 Å². The Morgan fingerprint density at radius 3 is 2.43 bits per heavy atom. The third-order valence-corrected chi connectivity index (χ3v) is 3.23. The Labute approximate surface area is 129 Å². The van der Waals surface area contributed by atoms with Gasteiger partial charge >= 0.3 is 0 Å². The fourth-order valence-electron chi connectivity index (χ4n) is 2.17. The van der Waals surface area contributed by atoms with Crippen LogP contribution in [0.5, 0.6) is 5.75 Å². The number of aromatic amines is 1. The van der Waals surface area contributed by atoms with Crippen molar-refractivity contribution in [3.8, 4) is 29.0 Å². The van der Waals surface area contributed by atoms with Gasteiger partial charge in [0.2, 0.25) is 0 Å². The minimum absolute atomic E-state index is 0.154. The number of phenolic OH excluding ortho intramolecular Hbond substituents is 1. The lowest BCUT2D eigenvalue weighted by Gasteiger charge is -2.11. The number of nitrogens with one attached hydrogen (secondary N) is 1. The van der Waals surface area contributed by atoms with Gasteiger partial charge in [0, 0.05) is 23.3 Å². The van der Waals surface area contributed by atoms with E-state index >= 15 is 0 Å². The van der Waals surface area contributed by atoms with Gasteiger partial charge in [-0.1, -0.05) is 0 Å². The Balaban J connectivity index is 3.04. The van der Waals surface area contributed by atoms with Crippen LogP contribution in [-0.2, 0) is 0 Å². The molecule has 0 aliphatic carbocycles. The van der Waals surface area contributed by atoms with Crippen LogP contribution in [0.2, 0.25) is 0 Å². The summed E-state index contributed by atoms with van der Waals surface area (Å²) in [4.78, 5) is 24.3. The third-order valence-electron chi connectivity index (χ3n) is 3.23. The molecule has 2 rings (SSSR count). The zero-order chi connectivity index (χ0) is 17.3. The topological polar surface area (TPSA) is 170 Å². The van der Waals surface area contributed by atoms with E-state index in [1.165, 1.54) is 6.92 Å². The van der Waals surface area contributed by atoms with E-state index in [1.807, 2.05) is 0 Å². The summed E-state index contributed by atoms with van der Waals surface area (Å²) in [5.41, 5.74) is 3.38. The summed E-state index contributed by atoms with van der Waals surface area (Å²) in [6, 6.07) is 5.48. The number of rotatable bonds is 2. The molecule has 0 atom stereocenters. The third kappa shape index (κ3) is 2.43. The molecule has 4 N–H and O–H groups in total. The molecule has 0 aliphatic heterocycles. The molecule has 1 aromatic carbocycles. The van der Waals surface area contributed by atoms with Crippen LogP contribution in [0.1, 0.15) is 16.7 Å². The molecule has 0 saturated carbocycles. The number of nitrogens with zero attached hydrogens (tertiary/aromatic N) is 3. The lowest BCUT2D eigenvalue weighted by Crippen LogP contribution is -2.16. The number of aromatic hydroxyl groups is 1. The highest BCUT2D eigenvalue weighted by Crippen LogP contribution is 2.39. The molecule has 0 fully saturated rings. The maximum Gasteiger partial charge on any atom is 0.270 e.